The van der Waals surface area contributed by atoms with Crippen molar-refractivity contribution in [1.82, 2.24) is 19.9 Å². The third-order valence-corrected chi connectivity index (χ3v) is 4.06. The fourth-order valence-electron chi connectivity index (χ4n) is 2.73. The molecular weight excluding hydrogens is 401 g/mol. The van der Waals surface area contributed by atoms with Gasteiger partial charge in [0.15, 0.2) is 5.69 Å². The second kappa shape index (κ2) is 7.25. The van der Waals surface area contributed by atoms with Gasteiger partial charge in [0, 0.05) is 12.2 Å². The summed E-state index contributed by atoms with van der Waals surface area (Å²) in [4.78, 5) is 38.3. The molecule has 0 radical (unpaired) electrons. The molecule has 0 fully saturated rings. The van der Waals surface area contributed by atoms with Crippen molar-refractivity contribution in [1.29, 1.82) is 0 Å². The number of benzene rings is 1. The number of nitrogens with one attached hydrogen (secondary N) is 4. The lowest BCUT2D eigenvalue weighted by Crippen LogP contribution is -2.22. The summed E-state index contributed by atoms with van der Waals surface area (Å²) in [7, 11) is 0. The quantitative estimate of drug-likeness (QED) is 0.384. The number of imidazole rings is 2. The molecule has 11 heteroatoms. The van der Waals surface area contributed by atoms with E-state index in [-0.39, 0.29) is 17.3 Å². The largest absolute Gasteiger partial charge is 0.418 e. The molecule has 30 heavy (non-hydrogen) atoms. The Labute approximate surface area is 166 Å². The van der Waals surface area contributed by atoms with E-state index in [4.69, 9.17) is 0 Å². The van der Waals surface area contributed by atoms with Gasteiger partial charge in [-0.05, 0) is 12.1 Å². The molecule has 0 aliphatic heterocycles. The van der Waals surface area contributed by atoms with Gasteiger partial charge in [0.25, 0.3) is 11.8 Å². The van der Waals surface area contributed by atoms with Crippen molar-refractivity contribution < 1.29 is 22.8 Å². The van der Waals surface area contributed by atoms with Gasteiger partial charge in [-0.1, -0.05) is 23.6 Å². The molecule has 4 N–H and O–H groups in total. The average Bonchev–Trinajstić information content (AvgIpc) is 3.34. The van der Waals surface area contributed by atoms with Gasteiger partial charge in [-0.3, -0.25) is 14.9 Å². The van der Waals surface area contributed by atoms with Crippen LogP contribution in [0.1, 0.15) is 37.9 Å². The summed E-state index contributed by atoms with van der Waals surface area (Å²) < 4.78 is 39.4. The lowest BCUT2D eigenvalue weighted by Gasteiger charge is -2.13. The van der Waals surface area contributed by atoms with Crippen LogP contribution in [0.4, 0.5) is 24.8 Å². The number of alkyl halides is 3. The topological polar surface area (TPSA) is 116 Å². The molecule has 2 amide bonds. The molecule has 1 aromatic carbocycles. The van der Waals surface area contributed by atoms with E-state index in [0.29, 0.717) is 11.4 Å². The number of rotatable bonds is 4. The first-order valence-electron chi connectivity index (χ1n) is 8.42. The minimum absolute atomic E-state index is 0.103. The number of carbonyl (C=O) groups is 2. The van der Waals surface area contributed by atoms with Gasteiger partial charge >= 0.3 is 6.18 Å². The maximum absolute atomic E-state index is 13.1. The Balaban J connectivity index is 1.54. The van der Waals surface area contributed by atoms with Crippen LogP contribution in [0, 0.1) is 0 Å². The van der Waals surface area contributed by atoms with E-state index in [2.05, 4.69) is 42.0 Å². The Bertz CT molecular complexity index is 1220. The Hall–Kier alpha value is -4.33. The van der Waals surface area contributed by atoms with Crippen molar-refractivity contribution in [2.75, 3.05) is 10.6 Å². The molecule has 0 saturated carbocycles. The highest BCUT2D eigenvalue weighted by atomic mass is 19.4. The molecule has 0 atom stereocenters. The number of halogens is 3. The standard InChI is InChI=1S/C19H11F3N6O2/c20-19(21,22)10-5-1-2-6-11(10)25-16(29)14-15(24-9-23-14)17(30)28-18-26-12-7-3-4-8-13(12)27-18/h1-2,5-9H,(H,23,24)(H,25,29)(H2,26,27,28,30). The highest BCUT2D eigenvalue weighted by Gasteiger charge is 2.34. The highest BCUT2D eigenvalue weighted by molar-refractivity contribution is 6.13. The molecule has 8 nitrogen and oxygen atoms in total. The molecule has 0 saturated heterocycles. The molecule has 0 bridgehead atoms. The van der Waals surface area contributed by atoms with E-state index >= 15 is 0 Å². The summed E-state index contributed by atoms with van der Waals surface area (Å²) in [5.41, 5.74) is 4.52. The minimum atomic E-state index is -4.66. The van der Waals surface area contributed by atoms with E-state index in [1.54, 1.807) is 12.2 Å². The van der Waals surface area contributed by atoms with Gasteiger partial charge < -0.3 is 15.3 Å². The zero-order valence-corrected chi connectivity index (χ0v) is 14.9. The maximum atomic E-state index is 13.1. The summed E-state index contributed by atoms with van der Waals surface area (Å²) in [6, 6.07) is 4.49. The van der Waals surface area contributed by atoms with Crippen LogP contribution < -0.4 is 10.6 Å². The number of nitrogens with zero attached hydrogens (tertiary/aromatic N) is 2. The number of fused-ring (bicyclic) bond motifs is 1. The van der Waals surface area contributed by atoms with Gasteiger partial charge in [0.05, 0.1) is 29.0 Å². The van der Waals surface area contributed by atoms with Crippen molar-refractivity contribution in [2.24, 2.45) is 0 Å². The number of para-hydroxylation sites is 1. The van der Waals surface area contributed by atoms with Gasteiger partial charge in [-0.15, -0.1) is 0 Å². The monoisotopic (exact) mass is 412 g/mol. The fraction of sp³-hybridized carbons (Fsp3) is 0.0526. The van der Waals surface area contributed by atoms with E-state index in [0.717, 1.165) is 18.5 Å². The van der Waals surface area contributed by atoms with Gasteiger partial charge in [-0.2, -0.15) is 13.2 Å². The molecule has 0 unspecified atom stereocenters. The van der Waals surface area contributed by atoms with Crippen LogP contribution in [0.5, 0.6) is 0 Å². The van der Waals surface area contributed by atoms with Crippen molar-refractivity contribution in [2.45, 2.75) is 6.18 Å². The van der Waals surface area contributed by atoms with E-state index in [1.807, 2.05) is 0 Å². The first kappa shape index (κ1) is 19.0. The first-order chi connectivity index (χ1) is 14.3. The molecule has 150 valence electrons. The van der Waals surface area contributed by atoms with Crippen molar-refractivity contribution in [3.05, 3.63) is 70.4 Å². The highest BCUT2D eigenvalue weighted by Crippen LogP contribution is 2.34. The molecule has 4 rings (SSSR count). The third-order valence-electron chi connectivity index (χ3n) is 4.06. The number of H-pyrrole nitrogens is 2. The predicted molar refractivity (Wildman–Crippen MR) is 100 cm³/mol. The second-order valence-electron chi connectivity index (χ2n) is 6.04. The number of anilines is 2. The van der Waals surface area contributed by atoms with Crippen LogP contribution in [-0.4, -0.2) is 31.8 Å². The van der Waals surface area contributed by atoms with Crippen molar-refractivity contribution in [3.8, 4) is 0 Å². The van der Waals surface area contributed by atoms with Gasteiger partial charge in [0.2, 0.25) is 5.95 Å². The number of aromatic nitrogens is 4. The normalized spacial score (nSPS) is 12.0. The summed E-state index contributed by atoms with van der Waals surface area (Å²) in [6.45, 7) is 0. The molecule has 0 spiro atoms. The first-order valence-corrected chi connectivity index (χ1v) is 8.42. The minimum Gasteiger partial charge on any atom is -0.340 e. The van der Waals surface area contributed by atoms with Crippen LogP contribution in [-0.2, 0) is 6.18 Å². The van der Waals surface area contributed by atoms with Gasteiger partial charge in [0.1, 0.15) is 5.69 Å². The van der Waals surface area contributed by atoms with E-state index < -0.39 is 29.2 Å². The molecular formula is C19H11F3N6O2. The Morgan fingerprint density at radius 1 is 1.03 bits per heavy atom. The number of carbonyl (C=O) groups excluding carboxylic acids is 2. The Kier molecular flexibility index (Phi) is 4.59. The SMILES string of the molecule is O=C(Nc1ccccc1C(F)(F)F)c1nc[nH]c1C(=O)Nc1nc2c([nH]1)C=C=C=C2. The Morgan fingerprint density at radius 2 is 1.80 bits per heavy atom. The van der Waals surface area contributed by atoms with Crippen LogP contribution >= 0.6 is 0 Å². The second-order valence-corrected chi connectivity index (χ2v) is 6.04. The number of hydrogen-bond donors (Lipinski definition) is 4. The zero-order chi connectivity index (χ0) is 21.3. The van der Waals surface area contributed by atoms with Crippen LogP contribution in [0.15, 0.2) is 42.1 Å². The van der Waals surface area contributed by atoms with Crippen LogP contribution in [0.25, 0.3) is 12.2 Å². The zero-order valence-electron chi connectivity index (χ0n) is 14.9. The lowest BCUT2D eigenvalue weighted by molar-refractivity contribution is -0.136. The molecule has 1 aliphatic rings. The van der Waals surface area contributed by atoms with Crippen molar-refractivity contribution >= 4 is 35.6 Å². The smallest absolute Gasteiger partial charge is 0.340 e. The molecule has 2 aromatic heterocycles. The Morgan fingerprint density at radius 3 is 2.57 bits per heavy atom. The fourth-order valence-corrected chi connectivity index (χ4v) is 2.73. The summed E-state index contributed by atoms with van der Waals surface area (Å²) in [6.07, 6.45) is -0.423. The maximum Gasteiger partial charge on any atom is 0.418 e. The van der Waals surface area contributed by atoms with Gasteiger partial charge in [-0.25, -0.2) is 9.97 Å². The summed E-state index contributed by atoms with van der Waals surface area (Å²) in [5, 5.41) is 4.61. The van der Waals surface area contributed by atoms with Crippen molar-refractivity contribution in [3.63, 3.8) is 0 Å². The predicted octanol–water partition coefficient (Wildman–Crippen LogP) is 3.45. The molecule has 1 aliphatic carbocycles. The number of aromatic amines is 2. The lowest BCUT2D eigenvalue weighted by atomic mass is 10.1. The molecule has 2 heterocycles. The van der Waals surface area contributed by atoms with E-state index in [9.17, 15) is 22.8 Å². The number of hydrogen-bond acceptors (Lipinski definition) is 4. The average molecular weight is 412 g/mol. The summed E-state index contributed by atoms with van der Waals surface area (Å²) in [5.74, 6) is -1.63. The van der Waals surface area contributed by atoms with Crippen LogP contribution in [0.2, 0.25) is 0 Å². The van der Waals surface area contributed by atoms with Crippen LogP contribution in [0.3, 0.4) is 0 Å². The molecule has 3 aromatic rings. The third kappa shape index (κ3) is 3.66. The number of amides is 2. The van der Waals surface area contributed by atoms with E-state index in [1.165, 1.54) is 12.1 Å². The summed E-state index contributed by atoms with van der Waals surface area (Å²) >= 11 is 0.